The predicted octanol–water partition coefficient (Wildman–Crippen LogP) is 5.67. The molecule has 0 unspecified atom stereocenters. The van der Waals surface area contributed by atoms with Gasteiger partial charge in [0.25, 0.3) is 0 Å². The minimum absolute atomic E-state index is 0. The molecular weight excluding hydrogens is 635 g/mol. The second kappa shape index (κ2) is 15.0. The van der Waals surface area contributed by atoms with Gasteiger partial charge in [-0.25, -0.2) is 0 Å². The normalized spacial score (nSPS) is 11.0. The van der Waals surface area contributed by atoms with Crippen molar-refractivity contribution in [1.82, 2.24) is 0 Å². The van der Waals surface area contributed by atoms with Crippen LogP contribution in [0.2, 0.25) is 0 Å². The van der Waals surface area contributed by atoms with Crippen LogP contribution in [0.1, 0.15) is 25.7 Å². The van der Waals surface area contributed by atoms with Crippen LogP contribution < -0.4 is 37.6 Å². The molecule has 204 valence electrons. The molecule has 1 heterocycles. The molecule has 0 aliphatic rings. The Balaban J connectivity index is 0.00000370. The van der Waals surface area contributed by atoms with E-state index in [-0.39, 0.29) is 23.0 Å². The number of esters is 1. The highest BCUT2D eigenvalue weighted by atomic mass is 79.9. The minimum atomic E-state index is -1.82. The lowest BCUT2D eigenvalue weighted by atomic mass is 10.2. The second-order valence-corrected chi connectivity index (χ2v) is 15.9. The third kappa shape index (κ3) is 7.43. The van der Waals surface area contributed by atoms with Crippen molar-refractivity contribution in [2.24, 2.45) is 0 Å². The molecule has 0 N–H and O–H groups in total. The van der Waals surface area contributed by atoms with Gasteiger partial charge in [0.1, 0.15) is 32.7 Å². The van der Waals surface area contributed by atoms with Gasteiger partial charge in [0.15, 0.2) is 0 Å². The summed E-state index contributed by atoms with van der Waals surface area (Å²) in [6.45, 7) is 0. The fourth-order valence-electron chi connectivity index (χ4n) is 4.92. The summed E-state index contributed by atoms with van der Waals surface area (Å²) in [5.74, 6) is 0.411. The van der Waals surface area contributed by atoms with E-state index in [0.29, 0.717) is 12.2 Å². The molecule has 0 aliphatic heterocycles. The number of ether oxygens (including phenoxy) is 1. The number of carbonyl (C=O) groups is 1. The monoisotopic (exact) mass is 664 g/mol. The standard InChI is InChI=1S/C33H30O2PS3.BrH/c34-32(35-27-22-20-26(21-23-27)31-25-33(37)39-38-31)19-11-4-12-24-36(28-13-5-1-6-14-28,29-15-7-2-8-16-29)30-17-9-3-10-18-30;/h1-3,5-10,13-18,20-23,25H,4,11-12,19,24H2;1H/q+1;/p-1. The fraction of sp³-hybridized carbons (Fsp3) is 0.152. The van der Waals surface area contributed by atoms with E-state index in [9.17, 15) is 4.79 Å². The van der Waals surface area contributed by atoms with Crippen LogP contribution in [0.25, 0.3) is 10.4 Å². The van der Waals surface area contributed by atoms with E-state index in [4.69, 9.17) is 17.0 Å². The topological polar surface area (TPSA) is 26.3 Å². The van der Waals surface area contributed by atoms with Gasteiger partial charge in [-0.2, -0.15) is 0 Å². The lowest BCUT2D eigenvalue weighted by Crippen LogP contribution is -3.00. The molecule has 0 radical (unpaired) electrons. The van der Waals surface area contributed by atoms with Gasteiger partial charge < -0.3 is 21.7 Å². The highest BCUT2D eigenvalue weighted by Gasteiger charge is 2.44. The molecule has 7 heteroatoms. The summed E-state index contributed by atoms with van der Waals surface area (Å²) in [5.41, 5.74) is 1.09. The first-order valence-corrected chi connectivity index (χ1v) is 17.6. The zero-order chi connectivity index (χ0) is 26.9. The number of carbonyl (C=O) groups excluding carboxylic acids is 1. The average Bonchev–Trinajstić information content (AvgIpc) is 3.43. The molecule has 0 saturated heterocycles. The maximum Gasteiger partial charge on any atom is 0.311 e. The number of hydrogen-bond donors (Lipinski definition) is 0. The number of unbranched alkanes of at least 4 members (excludes halogenated alkanes) is 2. The lowest BCUT2D eigenvalue weighted by Gasteiger charge is -2.27. The van der Waals surface area contributed by atoms with E-state index >= 15 is 0 Å². The Hall–Kier alpha value is -2.47. The molecule has 0 aliphatic carbocycles. The molecule has 0 amide bonds. The molecule has 2 nitrogen and oxygen atoms in total. The molecule has 4 aromatic carbocycles. The Labute approximate surface area is 260 Å². The summed E-state index contributed by atoms with van der Waals surface area (Å²) in [6, 6.07) is 42.6. The van der Waals surface area contributed by atoms with Gasteiger partial charge in [-0.05, 0) is 91.6 Å². The van der Waals surface area contributed by atoms with Crippen LogP contribution in [0.15, 0.2) is 121 Å². The number of halogens is 1. The third-order valence-electron chi connectivity index (χ3n) is 6.80. The van der Waals surface area contributed by atoms with Crippen LogP contribution in [-0.4, -0.2) is 12.1 Å². The van der Waals surface area contributed by atoms with Gasteiger partial charge in [-0.15, -0.1) is 0 Å². The zero-order valence-electron chi connectivity index (χ0n) is 21.9. The maximum absolute atomic E-state index is 12.6. The van der Waals surface area contributed by atoms with E-state index in [1.807, 2.05) is 30.3 Å². The van der Waals surface area contributed by atoms with Gasteiger partial charge >= 0.3 is 5.97 Å². The molecule has 0 bridgehead atoms. The summed E-state index contributed by atoms with van der Waals surface area (Å²) in [4.78, 5) is 13.7. The number of rotatable bonds is 11. The fourth-order valence-corrected chi connectivity index (χ4v) is 11.7. The maximum atomic E-state index is 12.6. The Morgan fingerprint density at radius 3 is 1.68 bits per heavy atom. The first-order chi connectivity index (χ1) is 19.1. The molecule has 40 heavy (non-hydrogen) atoms. The molecule has 5 aromatic rings. The third-order valence-corrected chi connectivity index (χ3v) is 14.2. The number of hydrogen-bond acceptors (Lipinski definition) is 5. The van der Waals surface area contributed by atoms with E-state index in [1.54, 1.807) is 20.7 Å². The minimum Gasteiger partial charge on any atom is -1.00 e. The summed E-state index contributed by atoms with van der Waals surface area (Å²) in [7, 11) is 1.44. The molecule has 0 saturated carbocycles. The van der Waals surface area contributed by atoms with Crippen molar-refractivity contribution in [1.29, 1.82) is 0 Å². The van der Waals surface area contributed by atoms with Gasteiger partial charge in [0, 0.05) is 11.3 Å². The summed E-state index contributed by atoms with van der Waals surface area (Å²) in [5, 5.41) is 4.20. The van der Waals surface area contributed by atoms with Crippen molar-refractivity contribution in [2.45, 2.75) is 25.7 Å². The van der Waals surface area contributed by atoms with E-state index in [2.05, 4.69) is 91.0 Å². The van der Waals surface area contributed by atoms with Crippen molar-refractivity contribution >= 4 is 62.0 Å². The van der Waals surface area contributed by atoms with Crippen LogP contribution in [0, 0.1) is 3.82 Å². The Morgan fingerprint density at radius 1 is 0.675 bits per heavy atom. The Morgan fingerprint density at radius 2 is 1.20 bits per heavy atom. The smallest absolute Gasteiger partial charge is 0.311 e. The quantitative estimate of drug-likeness (QED) is 0.0455. The van der Waals surface area contributed by atoms with E-state index < -0.39 is 7.26 Å². The largest absolute Gasteiger partial charge is 1.00 e. The Kier molecular flexibility index (Phi) is 11.4. The SMILES string of the molecule is O=C(CCCCC[P+](c1ccccc1)(c1ccccc1)c1ccccc1)Oc1ccc(-c2cc(=S)ss2)cc1.[Br-]. The lowest BCUT2D eigenvalue weighted by molar-refractivity contribution is -0.134. The van der Waals surface area contributed by atoms with Crippen LogP contribution in [-0.2, 0) is 4.79 Å². The van der Waals surface area contributed by atoms with Crippen molar-refractivity contribution in [2.75, 3.05) is 6.16 Å². The predicted molar refractivity (Wildman–Crippen MR) is 173 cm³/mol. The average molecular weight is 666 g/mol. The van der Waals surface area contributed by atoms with Crippen LogP contribution in [0.3, 0.4) is 0 Å². The summed E-state index contributed by atoms with van der Waals surface area (Å²) < 4.78 is 6.51. The van der Waals surface area contributed by atoms with Gasteiger partial charge in [-0.3, -0.25) is 4.79 Å². The first kappa shape index (κ1) is 30.5. The summed E-state index contributed by atoms with van der Waals surface area (Å²) >= 11 is 5.23. The van der Waals surface area contributed by atoms with Crippen molar-refractivity contribution in [3.05, 3.63) is 125 Å². The first-order valence-electron chi connectivity index (χ1n) is 13.1. The summed E-state index contributed by atoms with van der Waals surface area (Å²) in [6.07, 6.45) is 4.32. The van der Waals surface area contributed by atoms with Crippen LogP contribution in [0.4, 0.5) is 0 Å². The molecule has 0 fully saturated rings. The van der Waals surface area contributed by atoms with Crippen molar-refractivity contribution < 1.29 is 26.5 Å². The van der Waals surface area contributed by atoms with Crippen molar-refractivity contribution in [3.63, 3.8) is 0 Å². The van der Waals surface area contributed by atoms with Gasteiger partial charge in [0.2, 0.25) is 0 Å². The van der Waals surface area contributed by atoms with E-state index in [1.165, 1.54) is 15.9 Å². The van der Waals surface area contributed by atoms with Gasteiger partial charge in [-0.1, -0.05) is 87.5 Å². The van der Waals surface area contributed by atoms with E-state index in [0.717, 1.165) is 39.7 Å². The molecule has 0 spiro atoms. The highest BCUT2D eigenvalue weighted by Crippen LogP contribution is 2.56. The van der Waals surface area contributed by atoms with Gasteiger partial charge in [0.05, 0.1) is 6.16 Å². The Bertz CT molecular complexity index is 1440. The highest BCUT2D eigenvalue weighted by molar-refractivity contribution is 7.95. The molecular formula is C33H30BrO2PS3. The van der Waals surface area contributed by atoms with Crippen molar-refractivity contribution in [3.8, 4) is 16.2 Å². The zero-order valence-corrected chi connectivity index (χ0v) is 26.9. The molecule has 5 rings (SSSR count). The molecule has 0 atom stereocenters. The second-order valence-electron chi connectivity index (χ2n) is 9.34. The molecule has 1 aromatic heterocycles. The number of benzene rings is 4. The van der Waals surface area contributed by atoms with Crippen LogP contribution >= 0.6 is 40.2 Å². The van der Waals surface area contributed by atoms with Crippen LogP contribution in [0.5, 0.6) is 5.75 Å².